The van der Waals surface area contributed by atoms with Gasteiger partial charge in [0, 0.05) is 25.6 Å². The van der Waals surface area contributed by atoms with E-state index in [9.17, 15) is 18.3 Å². The summed E-state index contributed by atoms with van der Waals surface area (Å²) in [5.41, 5.74) is -2.35. The second kappa shape index (κ2) is 4.40. The van der Waals surface area contributed by atoms with E-state index in [2.05, 4.69) is 10.4 Å². The zero-order valence-corrected chi connectivity index (χ0v) is 10.4. The second-order valence-corrected chi connectivity index (χ2v) is 4.93. The number of hydrogen-bond acceptors (Lipinski definition) is 3. The number of aryl methyl sites for hydroxylation is 1. The number of aliphatic hydroxyl groups is 1. The van der Waals surface area contributed by atoms with Crippen molar-refractivity contribution in [1.29, 1.82) is 0 Å². The van der Waals surface area contributed by atoms with Crippen molar-refractivity contribution in [2.24, 2.45) is 7.05 Å². The molecule has 1 fully saturated rings. The number of aromatic nitrogens is 2. The molecule has 1 aromatic rings. The van der Waals surface area contributed by atoms with E-state index in [0.717, 1.165) is 4.68 Å². The summed E-state index contributed by atoms with van der Waals surface area (Å²) >= 11 is 5.83. The molecule has 0 aromatic carbocycles. The molecule has 1 aliphatic heterocycles. The Balaban J connectivity index is 2.37. The van der Waals surface area contributed by atoms with Crippen LogP contribution in [-0.2, 0) is 19.6 Å². The van der Waals surface area contributed by atoms with E-state index in [-0.39, 0.29) is 23.7 Å². The molecule has 8 heteroatoms. The average Bonchev–Trinajstić information content (AvgIpc) is 2.77. The van der Waals surface area contributed by atoms with Crippen molar-refractivity contribution in [3.05, 3.63) is 16.4 Å². The minimum absolute atomic E-state index is 0.0809. The highest BCUT2D eigenvalue weighted by molar-refractivity contribution is 6.30. The number of β-amino-alcohol motifs (C(OH)–C–C–N with tert-alkyl or cyclic N) is 1. The predicted octanol–water partition coefficient (Wildman–Crippen LogP) is 1.36. The third kappa shape index (κ3) is 2.48. The molecule has 0 aliphatic carbocycles. The van der Waals surface area contributed by atoms with Crippen molar-refractivity contribution in [3.8, 4) is 0 Å². The summed E-state index contributed by atoms with van der Waals surface area (Å²) in [6.07, 6.45) is -4.32. The summed E-state index contributed by atoms with van der Waals surface area (Å²) in [5, 5.41) is 16.4. The van der Waals surface area contributed by atoms with Gasteiger partial charge in [-0.3, -0.25) is 4.68 Å². The van der Waals surface area contributed by atoms with Gasteiger partial charge < -0.3 is 10.4 Å². The normalized spacial score (nSPS) is 24.8. The molecule has 0 radical (unpaired) electrons. The lowest BCUT2D eigenvalue weighted by Crippen LogP contribution is -2.34. The van der Waals surface area contributed by atoms with Gasteiger partial charge in [-0.1, -0.05) is 11.6 Å². The van der Waals surface area contributed by atoms with Gasteiger partial charge in [0.15, 0.2) is 5.69 Å². The van der Waals surface area contributed by atoms with Crippen LogP contribution < -0.4 is 5.32 Å². The molecule has 2 heterocycles. The second-order valence-electron chi connectivity index (χ2n) is 4.57. The average molecular weight is 284 g/mol. The Morgan fingerprint density at radius 3 is 2.72 bits per heavy atom. The molecule has 0 bridgehead atoms. The molecule has 1 saturated heterocycles. The summed E-state index contributed by atoms with van der Waals surface area (Å²) in [6.45, 7) is 0.839. The van der Waals surface area contributed by atoms with E-state index >= 15 is 0 Å². The highest BCUT2D eigenvalue weighted by Gasteiger charge is 2.42. The zero-order chi connectivity index (χ0) is 13.6. The summed E-state index contributed by atoms with van der Waals surface area (Å²) < 4.78 is 39.4. The maximum absolute atomic E-state index is 12.8. The fraction of sp³-hybridized carbons (Fsp3) is 0.700. The first kappa shape index (κ1) is 13.6. The molecule has 1 aromatic heterocycles. The third-order valence-electron chi connectivity index (χ3n) is 3.06. The summed E-state index contributed by atoms with van der Waals surface area (Å²) in [6, 6.07) is 0. The van der Waals surface area contributed by atoms with E-state index in [1.54, 1.807) is 0 Å². The van der Waals surface area contributed by atoms with Crippen LogP contribution in [0.4, 0.5) is 13.2 Å². The minimum atomic E-state index is -4.57. The van der Waals surface area contributed by atoms with Gasteiger partial charge in [0.1, 0.15) is 5.15 Å². The molecule has 1 atom stereocenters. The van der Waals surface area contributed by atoms with Crippen LogP contribution in [0, 0.1) is 0 Å². The number of halogens is 4. The maximum atomic E-state index is 12.8. The first-order chi connectivity index (χ1) is 8.23. The van der Waals surface area contributed by atoms with Crippen molar-refractivity contribution in [3.63, 3.8) is 0 Å². The monoisotopic (exact) mass is 283 g/mol. The van der Waals surface area contributed by atoms with Gasteiger partial charge in [-0.25, -0.2) is 0 Å². The van der Waals surface area contributed by atoms with Crippen molar-refractivity contribution in [1.82, 2.24) is 15.1 Å². The van der Waals surface area contributed by atoms with Crippen molar-refractivity contribution in [2.75, 3.05) is 13.1 Å². The van der Waals surface area contributed by atoms with E-state index in [0.29, 0.717) is 13.0 Å². The van der Waals surface area contributed by atoms with E-state index < -0.39 is 17.5 Å². The summed E-state index contributed by atoms with van der Waals surface area (Å²) in [7, 11) is 1.35. The lowest BCUT2D eigenvalue weighted by molar-refractivity contribution is -0.142. The first-order valence-electron chi connectivity index (χ1n) is 5.45. The smallest absolute Gasteiger partial charge is 0.388 e. The van der Waals surface area contributed by atoms with Gasteiger partial charge in [-0.2, -0.15) is 18.3 Å². The SMILES string of the molecule is Cn1nc(C(F)(F)F)c(CC2(O)CCNC2)c1Cl. The molecule has 2 rings (SSSR count). The number of nitrogens with zero attached hydrogens (tertiary/aromatic N) is 2. The molecular formula is C10H13ClF3N3O. The topological polar surface area (TPSA) is 50.1 Å². The highest BCUT2D eigenvalue weighted by atomic mass is 35.5. The Morgan fingerprint density at radius 1 is 1.56 bits per heavy atom. The van der Waals surface area contributed by atoms with Crippen LogP contribution in [0.1, 0.15) is 17.7 Å². The van der Waals surface area contributed by atoms with Crippen LogP contribution in [0.2, 0.25) is 5.15 Å². The Morgan fingerprint density at radius 2 is 2.22 bits per heavy atom. The number of nitrogens with one attached hydrogen (secondary N) is 1. The molecule has 0 saturated carbocycles. The standard InChI is InChI=1S/C10H13ClF3N3O/c1-17-8(11)6(7(16-17)10(12,13)14)4-9(18)2-3-15-5-9/h15,18H,2-5H2,1H3. The Bertz CT molecular complexity index is 452. The van der Waals surface area contributed by atoms with Gasteiger partial charge in [0.05, 0.1) is 5.60 Å². The molecule has 2 N–H and O–H groups in total. The molecule has 0 spiro atoms. The highest BCUT2D eigenvalue weighted by Crippen LogP contribution is 2.36. The van der Waals surface area contributed by atoms with Gasteiger partial charge >= 0.3 is 6.18 Å². The molecule has 4 nitrogen and oxygen atoms in total. The molecule has 1 aliphatic rings. The molecular weight excluding hydrogens is 271 g/mol. The predicted molar refractivity (Wildman–Crippen MR) is 59.4 cm³/mol. The van der Waals surface area contributed by atoms with Crippen LogP contribution in [0.15, 0.2) is 0 Å². The fourth-order valence-corrected chi connectivity index (χ4v) is 2.34. The number of hydrogen-bond donors (Lipinski definition) is 2. The van der Waals surface area contributed by atoms with Crippen LogP contribution >= 0.6 is 11.6 Å². The molecule has 102 valence electrons. The molecule has 1 unspecified atom stereocenters. The van der Waals surface area contributed by atoms with E-state index in [4.69, 9.17) is 11.6 Å². The Kier molecular flexibility index (Phi) is 3.33. The molecule has 0 amide bonds. The van der Waals surface area contributed by atoms with Gasteiger partial charge in [-0.05, 0) is 13.0 Å². The Labute approximate surface area is 107 Å². The maximum Gasteiger partial charge on any atom is 0.435 e. The Hall–Kier alpha value is -0.790. The number of rotatable bonds is 2. The third-order valence-corrected chi connectivity index (χ3v) is 3.54. The van der Waals surface area contributed by atoms with Crippen LogP contribution in [0.5, 0.6) is 0 Å². The van der Waals surface area contributed by atoms with Crippen LogP contribution in [-0.4, -0.2) is 33.6 Å². The van der Waals surface area contributed by atoms with Crippen molar-refractivity contribution >= 4 is 11.6 Å². The summed E-state index contributed by atoms with van der Waals surface area (Å²) in [4.78, 5) is 0. The van der Waals surface area contributed by atoms with E-state index in [1.807, 2.05) is 0 Å². The van der Waals surface area contributed by atoms with E-state index in [1.165, 1.54) is 7.05 Å². The van der Waals surface area contributed by atoms with Crippen molar-refractivity contribution < 1.29 is 18.3 Å². The largest absolute Gasteiger partial charge is 0.435 e. The minimum Gasteiger partial charge on any atom is -0.388 e. The van der Waals surface area contributed by atoms with Crippen LogP contribution in [0.25, 0.3) is 0 Å². The van der Waals surface area contributed by atoms with Gasteiger partial charge in [0.2, 0.25) is 0 Å². The quantitative estimate of drug-likeness (QED) is 0.862. The first-order valence-corrected chi connectivity index (χ1v) is 5.82. The number of alkyl halides is 3. The van der Waals surface area contributed by atoms with Gasteiger partial charge in [0.25, 0.3) is 0 Å². The van der Waals surface area contributed by atoms with Crippen LogP contribution in [0.3, 0.4) is 0 Å². The summed E-state index contributed by atoms with van der Waals surface area (Å²) in [5.74, 6) is 0. The zero-order valence-electron chi connectivity index (χ0n) is 9.68. The lowest BCUT2D eigenvalue weighted by atomic mass is 9.94. The lowest BCUT2D eigenvalue weighted by Gasteiger charge is -2.21. The van der Waals surface area contributed by atoms with Gasteiger partial charge in [-0.15, -0.1) is 0 Å². The van der Waals surface area contributed by atoms with Crippen molar-refractivity contribution in [2.45, 2.75) is 24.6 Å². The molecule has 18 heavy (non-hydrogen) atoms. The fourth-order valence-electron chi connectivity index (χ4n) is 2.14.